The van der Waals surface area contributed by atoms with Gasteiger partial charge in [0.1, 0.15) is 0 Å². The number of hydrogen-bond donors (Lipinski definition) is 1. The Morgan fingerprint density at radius 2 is 1.79 bits per heavy atom. The van der Waals surface area contributed by atoms with Crippen LogP contribution in [0, 0.1) is 0 Å². The van der Waals surface area contributed by atoms with Crippen molar-refractivity contribution >= 4 is 5.78 Å². The highest BCUT2D eigenvalue weighted by Gasteiger charge is 2.19. The smallest absolute Gasteiger partial charge is 0.328 e. The average Bonchev–Trinajstić information content (AvgIpc) is 2.56. The molecular formula is C13H17N2O4-. The molecule has 0 radical (unpaired) electrons. The highest BCUT2D eigenvalue weighted by molar-refractivity contribution is 5.95. The minimum Gasteiger partial charge on any atom is -0.859 e. The molecule has 0 unspecified atom stereocenters. The first-order valence-electron chi connectivity index (χ1n) is 6.59. The second-order valence-corrected chi connectivity index (χ2v) is 5.01. The second kappa shape index (κ2) is 5.42. The van der Waals surface area contributed by atoms with E-state index in [0.717, 1.165) is 50.0 Å². The number of carbonyl (C=O) groups is 1. The molecule has 0 aromatic carbocycles. The van der Waals surface area contributed by atoms with Gasteiger partial charge in [0.25, 0.3) is 5.56 Å². The SMILES string of the molecule is CC(=O)c1c([O-])n(C2CCCCCC2)c(=O)[nH]c1=O. The predicted octanol–water partition coefficient (Wildman–Crippen LogP) is 0.708. The van der Waals surface area contributed by atoms with E-state index in [1.165, 1.54) is 0 Å². The van der Waals surface area contributed by atoms with Crippen LogP contribution in [0.15, 0.2) is 9.59 Å². The third-order valence-corrected chi connectivity index (χ3v) is 3.64. The van der Waals surface area contributed by atoms with Crippen LogP contribution in [0.2, 0.25) is 0 Å². The van der Waals surface area contributed by atoms with E-state index < -0.39 is 28.5 Å². The molecule has 6 heteroatoms. The Morgan fingerprint density at radius 1 is 1.21 bits per heavy atom. The van der Waals surface area contributed by atoms with Gasteiger partial charge in [-0.3, -0.25) is 14.6 Å². The van der Waals surface area contributed by atoms with E-state index in [1.54, 1.807) is 0 Å². The lowest BCUT2D eigenvalue weighted by atomic mass is 10.1. The second-order valence-electron chi connectivity index (χ2n) is 5.01. The summed E-state index contributed by atoms with van der Waals surface area (Å²) in [6, 6.07) is -0.211. The van der Waals surface area contributed by atoms with Gasteiger partial charge in [-0.25, -0.2) is 4.79 Å². The van der Waals surface area contributed by atoms with Crippen LogP contribution in [-0.4, -0.2) is 15.3 Å². The third-order valence-electron chi connectivity index (χ3n) is 3.64. The molecule has 1 N–H and O–H groups in total. The van der Waals surface area contributed by atoms with E-state index >= 15 is 0 Å². The topological polar surface area (TPSA) is 95.0 Å². The first-order valence-corrected chi connectivity index (χ1v) is 6.59. The Hall–Kier alpha value is -1.85. The van der Waals surface area contributed by atoms with Gasteiger partial charge in [-0.05, 0) is 25.6 Å². The van der Waals surface area contributed by atoms with Gasteiger partial charge in [0, 0.05) is 6.04 Å². The van der Waals surface area contributed by atoms with Crippen molar-refractivity contribution in [2.75, 3.05) is 0 Å². The standard InChI is InChI=1S/C13H18N2O4/c1-8(16)10-11(17)14-13(19)15(12(10)18)9-6-4-2-3-5-7-9/h9,18H,2-7H2,1H3,(H,14,17,19)/p-1. The minimum atomic E-state index is -0.882. The fourth-order valence-corrected chi connectivity index (χ4v) is 2.69. The van der Waals surface area contributed by atoms with Crippen molar-refractivity contribution in [2.24, 2.45) is 0 Å². The zero-order valence-electron chi connectivity index (χ0n) is 10.9. The van der Waals surface area contributed by atoms with E-state index in [2.05, 4.69) is 4.98 Å². The molecule has 1 aromatic rings. The maximum Gasteiger partial charge on any atom is 0.328 e. The van der Waals surface area contributed by atoms with Gasteiger partial charge >= 0.3 is 5.69 Å². The number of aromatic amines is 1. The van der Waals surface area contributed by atoms with Gasteiger partial charge in [-0.15, -0.1) is 0 Å². The maximum atomic E-state index is 12.2. The third kappa shape index (κ3) is 2.62. The number of aromatic nitrogens is 2. The number of H-pyrrole nitrogens is 1. The summed E-state index contributed by atoms with van der Waals surface area (Å²) in [5.74, 6) is -1.35. The first kappa shape index (κ1) is 13.6. The number of Topliss-reactive ketones (excluding diaryl/α,β-unsaturated/α-hetero) is 1. The molecule has 0 amide bonds. The van der Waals surface area contributed by atoms with Gasteiger partial charge in [0.2, 0.25) is 0 Å². The molecule has 1 fully saturated rings. The number of carbonyl (C=O) groups excluding carboxylic acids is 1. The van der Waals surface area contributed by atoms with Gasteiger partial charge in [-0.1, -0.05) is 25.7 Å². The van der Waals surface area contributed by atoms with Crippen molar-refractivity contribution in [1.29, 1.82) is 0 Å². The van der Waals surface area contributed by atoms with Crippen molar-refractivity contribution in [2.45, 2.75) is 51.5 Å². The van der Waals surface area contributed by atoms with Crippen molar-refractivity contribution in [3.63, 3.8) is 0 Å². The van der Waals surface area contributed by atoms with Crippen molar-refractivity contribution < 1.29 is 9.90 Å². The summed E-state index contributed by atoms with van der Waals surface area (Å²) in [4.78, 5) is 36.8. The van der Waals surface area contributed by atoms with E-state index in [-0.39, 0.29) is 6.04 Å². The first-order chi connectivity index (χ1) is 9.02. The molecule has 0 spiro atoms. The van der Waals surface area contributed by atoms with E-state index in [4.69, 9.17) is 0 Å². The Bertz CT molecular complexity index is 592. The molecule has 1 aromatic heterocycles. The Kier molecular flexibility index (Phi) is 3.87. The van der Waals surface area contributed by atoms with Crippen LogP contribution in [0.1, 0.15) is 61.8 Å². The molecule has 1 heterocycles. The number of rotatable bonds is 2. The molecule has 6 nitrogen and oxygen atoms in total. The molecule has 1 aliphatic carbocycles. The van der Waals surface area contributed by atoms with Crippen LogP contribution in [0.4, 0.5) is 0 Å². The van der Waals surface area contributed by atoms with Gasteiger partial charge < -0.3 is 9.67 Å². The van der Waals surface area contributed by atoms with Crippen molar-refractivity contribution in [3.05, 3.63) is 26.4 Å². The molecule has 1 saturated carbocycles. The summed E-state index contributed by atoms with van der Waals surface area (Å²) >= 11 is 0. The van der Waals surface area contributed by atoms with Crippen LogP contribution >= 0.6 is 0 Å². The van der Waals surface area contributed by atoms with Crippen LogP contribution in [-0.2, 0) is 0 Å². The lowest BCUT2D eigenvalue weighted by molar-refractivity contribution is -0.281. The monoisotopic (exact) mass is 265 g/mol. The lowest BCUT2D eigenvalue weighted by Crippen LogP contribution is -2.37. The zero-order valence-corrected chi connectivity index (χ0v) is 10.9. The molecule has 1 aliphatic rings. The Morgan fingerprint density at radius 3 is 2.32 bits per heavy atom. The molecule has 0 bridgehead atoms. The van der Waals surface area contributed by atoms with Crippen LogP contribution in [0.25, 0.3) is 0 Å². The molecular weight excluding hydrogens is 248 g/mol. The van der Waals surface area contributed by atoms with Gasteiger partial charge in [0.15, 0.2) is 5.78 Å². The molecule has 19 heavy (non-hydrogen) atoms. The summed E-state index contributed by atoms with van der Waals surface area (Å²) in [6.07, 6.45) is 5.54. The minimum absolute atomic E-state index is 0.211. The largest absolute Gasteiger partial charge is 0.859 e. The summed E-state index contributed by atoms with van der Waals surface area (Å²) < 4.78 is 1.06. The van der Waals surface area contributed by atoms with Gasteiger partial charge in [-0.2, -0.15) is 0 Å². The summed E-state index contributed by atoms with van der Waals surface area (Å²) in [6.45, 7) is 1.16. The van der Waals surface area contributed by atoms with Gasteiger partial charge in [0.05, 0.1) is 5.56 Å². The average molecular weight is 265 g/mol. The zero-order chi connectivity index (χ0) is 14.0. The fourth-order valence-electron chi connectivity index (χ4n) is 2.69. The number of hydrogen-bond acceptors (Lipinski definition) is 4. The number of ketones is 1. The highest BCUT2D eigenvalue weighted by Crippen LogP contribution is 2.28. The van der Waals surface area contributed by atoms with E-state index in [0.29, 0.717) is 0 Å². The Labute approximate surface area is 110 Å². The van der Waals surface area contributed by atoms with Crippen LogP contribution < -0.4 is 16.4 Å². The van der Waals surface area contributed by atoms with Crippen molar-refractivity contribution in [1.82, 2.24) is 9.55 Å². The van der Waals surface area contributed by atoms with Crippen LogP contribution in [0.3, 0.4) is 0 Å². The molecule has 2 rings (SSSR count). The predicted molar refractivity (Wildman–Crippen MR) is 67.5 cm³/mol. The quantitative estimate of drug-likeness (QED) is 0.629. The molecule has 0 aliphatic heterocycles. The maximum absolute atomic E-state index is 12.2. The normalized spacial score (nSPS) is 17.1. The van der Waals surface area contributed by atoms with E-state index in [9.17, 15) is 19.5 Å². The number of nitrogens with zero attached hydrogens (tertiary/aromatic N) is 1. The molecule has 0 atom stereocenters. The number of nitrogens with one attached hydrogen (secondary N) is 1. The lowest BCUT2D eigenvalue weighted by Gasteiger charge is -2.25. The molecule has 0 saturated heterocycles. The van der Waals surface area contributed by atoms with E-state index in [1.807, 2.05) is 0 Å². The summed E-state index contributed by atoms with van der Waals surface area (Å²) in [7, 11) is 0. The van der Waals surface area contributed by atoms with Crippen LogP contribution in [0.5, 0.6) is 5.88 Å². The molecule has 104 valence electrons. The fraction of sp³-hybridized carbons (Fsp3) is 0.615. The van der Waals surface area contributed by atoms with Crippen molar-refractivity contribution in [3.8, 4) is 5.88 Å². The highest BCUT2D eigenvalue weighted by atomic mass is 16.3. The summed E-state index contributed by atoms with van der Waals surface area (Å²) in [5.41, 5.74) is -2.02. The Balaban J connectivity index is 2.56. The summed E-state index contributed by atoms with van der Waals surface area (Å²) in [5, 5.41) is 12.2.